The summed E-state index contributed by atoms with van der Waals surface area (Å²) in [7, 11) is 0. The molecule has 0 atom stereocenters. The summed E-state index contributed by atoms with van der Waals surface area (Å²) in [6.45, 7) is 5.10. The molecule has 3 aliphatic rings. The number of carbonyl (C=O) groups is 2. The van der Waals surface area contributed by atoms with Gasteiger partial charge in [0.1, 0.15) is 18.5 Å². The van der Waals surface area contributed by atoms with Gasteiger partial charge >= 0.3 is 5.97 Å². The van der Waals surface area contributed by atoms with E-state index in [4.69, 9.17) is 9.47 Å². The molecule has 0 radical (unpaired) electrons. The van der Waals surface area contributed by atoms with Crippen molar-refractivity contribution in [3.05, 3.63) is 35.7 Å². The van der Waals surface area contributed by atoms with Crippen LogP contribution in [0.4, 0.5) is 0 Å². The van der Waals surface area contributed by atoms with E-state index in [1.54, 1.807) is 24.2 Å². The van der Waals surface area contributed by atoms with Crippen molar-refractivity contribution in [3.63, 3.8) is 0 Å². The molecule has 0 unspecified atom stereocenters. The van der Waals surface area contributed by atoms with Crippen LogP contribution in [0, 0.1) is 0 Å². The van der Waals surface area contributed by atoms with Gasteiger partial charge in [0.25, 0.3) is 5.91 Å². The van der Waals surface area contributed by atoms with E-state index in [1.165, 1.54) is 11.0 Å². The second-order valence-electron chi connectivity index (χ2n) is 8.16. The largest absolute Gasteiger partial charge is 0.456 e. The van der Waals surface area contributed by atoms with Crippen LogP contribution in [0.5, 0.6) is 0 Å². The summed E-state index contributed by atoms with van der Waals surface area (Å²) in [5.74, 6) is 0.160. The van der Waals surface area contributed by atoms with Gasteiger partial charge in [-0.1, -0.05) is 0 Å². The Kier molecular flexibility index (Phi) is 5.39. The van der Waals surface area contributed by atoms with E-state index in [1.807, 2.05) is 0 Å². The average molecular weight is 440 g/mol. The predicted octanol–water partition coefficient (Wildman–Crippen LogP) is -0.481. The van der Waals surface area contributed by atoms with Gasteiger partial charge in [-0.25, -0.2) is 9.78 Å². The van der Waals surface area contributed by atoms with Gasteiger partial charge in [0.2, 0.25) is 0 Å². The fourth-order valence-electron chi connectivity index (χ4n) is 4.38. The van der Waals surface area contributed by atoms with Gasteiger partial charge in [0.05, 0.1) is 36.0 Å². The third kappa shape index (κ3) is 3.75. The first kappa shape index (κ1) is 20.6. The highest BCUT2D eigenvalue weighted by Gasteiger charge is 2.49. The van der Waals surface area contributed by atoms with Crippen LogP contribution in [-0.2, 0) is 25.5 Å². The Morgan fingerprint density at radius 1 is 1.12 bits per heavy atom. The minimum atomic E-state index is -0.818. The maximum Gasteiger partial charge on any atom is 0.336 e. The Hall–Kier alpha value is -3.25. The van der Waals surface area contributed by atoms with Gasteiger partial charge in [0.15, 0.2) is 5.82 Å². The van der Waals surface area contributed by atoms with Crippen molar-refractivity contribution >= 4 is 11.9 Å². The molecule has 168 valence electrons. The Morgan fingerprint density at radius 3 is 2.62 bits per heavy atom. The number of carbonyl (C=O) groups excluding carboxylic acids is 2. The topological polar surface area (TPSA) is 128 Å². The Morgan fingerprint density at radius 2 is 1.97 bits per heavy atom. The third-order valence-electron chi connectivity index (χ3n) is 6.36. The van der Waals surface area contributed by atoms with E-state index in [0.717, 1.165) is 31.7 Å². The van der Waals surface area contributed by atoms with Crippen LogP contribution < -0.4 is 0 Å². The van der Waals surface area contributed by atoms with E-state index >= 15 is 0 Å². The lowest BCUT2D eigenvalue weighted by Gasteiger charge is -2.46. The highest BCUT2D eigenvalue weighted by Crippen LogP contribution is 2.34. The molecule has 2 fully saturated rings. The summed E-state index contributed by atoms with van der Waals surface area (Å²) in [4.78, 5) is 37.8. The molecule has 5 rings (SSSR count). The number of tetrazole rings is 1. The second-order valence-corrected chi connectivity index (χ2v) is 8.16. The molecule has 2 aromatic heterocycles. The van der Waals surface area contributed by atoms with Crippen LogP contribution in [0.3, 0.4) is 0 Å². The van der Waals surface area contributed by atoms with Crippen molar-refractivity contribution in [1.29, 1.82) is 0 Å². The fraction of sp³-hybridized carbons (Fsp3) is 0.550. The van der Waals surface area contributed by atoms with Crippen molar-refractivity contribution in [3.8, 4) is 5.82 Å². The van der Waals surface area contributed by atoms with Crippen LogP contribution >= 0.6 is 0 Å². The second kappa shape index (κ2) is 8.36. The van der Waals surface area contributed by atoms with E-state index in [2.05, 4.69) is 30.4 Å². The first-order valence-electron chi connectivity index (χ1n) is 10.7. The number of hydrogen-bond donors (Lipinski definition) is 0. The van der Waals surface area contributed by atoms with E-state index < -0.39 is 5.60 Å². The Labute approximate surface area is 184 Å². The number of morpholine rings is 1. The predicted molar refractivity (Wildman–Crippen MR) is 108 cm³/mol. The number of nitrogens with zero attached hydrogens (tertiary/aromatic N) is 8. The minimum absolute atomic E-state index is 0.0555. The molecule has 2 aromatic rings. The van der Waals surface area contributed by atoms with Crippen LogP contribution in [-0.4, -0.2) is 96.8 Å². The van der Waals surface area contributed by atoms with Crippen molar-refractivity contribution in [1.82, 2.24) is 40.0 Å². The SMILES string of the molecule is CC1=C(N2CCOC3(CCN(CCc4cnc(-n5cnnn5)cn4)CC3)C2=O)COC1=O. The first-order valence-corrected chi connectivity index (χ1v) is 10.7. The zero-order chi connectivity index (χ0) is 22.1. The summed E-state index contributed by atoms with van der Waals surface area (Å²) in [5.41, 5.74) is 1.25. The molecule has 2 saturated heterocycles. The number of esters is 1. The zero-order valence-corrected chi connectivity index (χ0v) is 17.8. The molecule has 0 bridgehead atoms. The first-order chi connectivity index (χ1) is 15.6. The molecular formula is C20H24N8O4. The monoisotopic (exact) mass is 440 g/mol. The molecule has 32 heavy (non-hydrogen) atoms. The molecule has 0 N–H and O–H groups in total. The van der Waals surface area contributed by atoms with Crippen LogP contribution in [0.1, 0.15) is 25.5 Å². The van der Waals surface area contributed by atoms with E-state index in [0.29, 0.717) is 43.1 Å². The number of amides is 1. The maximum absolute atomic E-state index is 13.3. The number of cyclic esters (lactones) is 1. The van der Waals surface area contributed by atoms with Gasteiger partial charge in [-0.3, -0.25) is 9.78 Å². The fourth-order valence-corrected chi connectivity index (χ4v) is 4.38. The molecule has 12 nitrogen and oxygen atoms in total. The van der Waals surface area contributed by atoms with Gasteiger partial charge < -0.3 is 19.3 Å². The highest BCUT2D eigenvalue weighted by atomic mass is 16.5. The molecule has 0 aromatic carbocycles. The standard InChI is InChI=1S/C20H24N8O4/c1-14-16(12-31-18(14)29)27-8-9-32-20(19(27)30)3-6-26(7-4-20)5-2-15-10-22-17(11-21-15)28-13-23-24-25-28/h10-11,13H,2-9,12H2,1H3. The summed E-state index contributed by atoms with van der Waals surface area (Å²) in [6.07, 6.45) is 6.84. The van der Waals surface area contributed by atoms with Gasteiger partial charge in [-0.15, -0.1) is 5.10 Å². The maximum atomic E-state index is 13.3. The number of aromatic nitrogens is 6. The number of piperidine rings is 1. The van der Waals surface area contributed by atoms with Crippen LogP contribution in [0.25, 0.3) is 5.82 Å². The molecule has 12 heteroatoms. The minimum Gasteiger partial charge on any atom is -0.456 e. The number of ether oxygens (including phenoxy) is 2. The lowest BCUT2D eigenvalue weighted by molar-refractivity contribution is -0.177. The number of hydrogen-bond acceptors (Lipinski definition) is 10. The number of rotatable bonds is 5. The molecule has 5 heterocycles. The third-order valence-corrected chi connectivity index (χ3v) is 6.36. The molecule has 1 amide bonds. The number of likely N-dealkylation sites (tertiary alicyclic amines) is 1. The van der Waals surface area contributed by atoms with Gasteiger partial charge in [-0.05, 0) is 30.2 Å². The van der Waals surface area contributed by atoms with Crippen LogP contribution in [0.2, 0.25) is 0 Å². The van der Waals surface area contributed by atoms with E-state index in [9.17, 15) is 9.59 Å². The lowest BCUT2D eigenvalue weighted by Crippen LogP contribution is -2.60. The average Bonchev–Trinajstić information content (AvgIpc) is 3.47. The molecular weight excluding hydrogens is 416 g/mol. The van der Waals surface area contributed by atoms with Crippen molar-refractivity contribution in [2.75, 3.05) is 39.4 Å². The normalized spacial score (nSPS) is 21.5. The molecule has 3 aliphatic heterocycles. The molecule has 0 aliphatic carbocycles. The lowest BCUT2D eigenvalue weighted by atomic mass is 9.88. The molecule has 1 spiro atoms. The van der Waals surface area contributed by atoms with Crippen molar-refractivity contribution < 1.29 is 19.1 Å². The summed E-state index contributed by atoms with van der Waals surface area (Å²) < 4.78 is 12.6. The van der Waals surface area contributed by atoms with Crippen molar-refractivity contribution in [2.24, 2.45) is 0 Å². The highest BCUT2D eigenvalue weighted by molar-refractivity contribution is 5.94. The summed E-state index contributed by atoms with van der Waals surface area (Å²) in [5, 5.41) is 11.0. The smallest absolute Gasteiger partial charge is 0.336 e. The Balaban J connectivity index is 1.17. The van der Waals surface area contributed by atoms with Gasteiger partial charge in [-0.2, -0.15) is 4.68 Å². The van der Waals surface area contributed by atoms with Crippen molar-refractivity contribution in [2.45, 2.75) is 31.8 Å². The Bertz CT molecular complexity index is 1030. The van der Waals surface area contributed by atoms with Crippen LogP contribution in [0.15, 0.2) is 30.0 Å². The van der Waals surface area contributed by atoms with E-state index in [-0.39, 0.29) is 18.5 Å². The van der Waals surface area contributed by atoms with Gasteiger partial charge in [0, 0.05) is 32.6 Å². The zero-order valence-electron chi connectivity index (χ0n) is 17.8. The summed E-state index contributed by atoms with van der Waals surface area (Å²) >= 11 is 0. The molecule has 0 saturated carbocycles. The summed E-state index contributed by atoms with van der Waals surface area (Å²) in [6, 6.07) is 0. The quantitative estimate of drug-likeness (QED) is 0.562.